The van der Waals surface area contributed by atoms with E-state index in [1.165, 1.54) is 0 Å². The minimum Gasteiger partial charge on any atom is -0.378 e. The van der Waals surface area contributed by atoms with Gasteiger partial charge in [0.15, 0.2) is 0 Å². The van der Waals surface area contributed by atoms with Gasteiger partial charge in [-0.05, 0) is 36.4 Å². The SMILES string of the molecule is CN(C)c1ccc(C(=O)Nc2ccccc2C(N)=O)cc1. The van der Waals surface area contributed by atoms with Gasteiger partial charge in [-0.15, -0.1) is 0 Å². The van der Waals surface area contributed by atoms with Crippen LogP contribution in [0.15, 0.2) is 48.5 Å². The number of nitrogens with two attached hydrogens (primary N) is 1. The summed E-state index contributed by atoms with van der Waals surface area (Å²) in [6, 6.07) is 13.8. The van der Waals surface area contributed by atoms with Crippen LogP contribution in [0, 0.1) is 0 Å². The number of rotatable bonds is 4. The van der Waals surface area contributed by atoms with Gasteiger partial charge in [0.05, 0.1) is 11.3 Å². The van der Waals surface area contributed by atoms with Crippen LogP contribution in [0.2, 0.25) is 0 Å². The Bertz CT molecular complexity index is 663. The van der Waals surface area contributed by atoms with E-state index in [1.807, 2.05) is 31.1 Å². The van der Waals surface area contributed by atoms with Crippen molar-refractivity contribution in [2.24, 2.45) is 5.73 Å². The normalized spacial score (nSPS) is 10.0. The third kappa shape index (κ3) is 3.39. The predicted molar refractivity (Wildman–Crippen MR) is 83.7 cm³/mol. The second-order valence-electron chi connectivity index (χ2n) is 4.81. The third-order valence-corrected chi connectivity index (χ3v) is 3.09. The van der Waals surface area contributed by atoms with E-state index in [-0.39, 0.29) is 11.5 Å². The molecular formula is C16H17N3O2. The number of para-hydroxylation sites is 1. The van der Waals surface area contributed by atoms with Crippen molar-refractivity contribution in [2.45, 2.75) is 0 Å². The Hall–Kier alpha value is -2.82. The molecule has 2 aromatic rings. The van der Waals surface area contributed by atoms with E-state index >= 15 is 0 Å². The number of carbonyl (C=O) groups excluding carboxylic acids is 2. The van der Waals surface area contributed by atoms with E-state index in [0.717, 1.165) is 5.69 Å². The minimum atomic E-state index is -0.575. The molecule has 2 amide bonds. The van der Waals surface area contributed by atoms with E-state index in [0.29, 0.717) is 11.3 Å². The molecule has 0 unspecified atom stereocenters. The lowest BCUT2D eigenvalue weighted by Crippen LogP contribution is -2.18. The Morgan fingerprint density at radius 3 is 2.19 bits per heavy atom. The molecule has 0 aliphatic heterocycles. The molecular weight excluding hydrogens is 266 g/mol. The maximum atomic E-state index is 12.2. The molecule has 0 fully saturated rings. The number of hydrogen-bond acceptors (Lipinski definition) is 3. The van der Waals surface area contributed by atoms with Crippen LogP contribution < -0.4 is 16.0 Å². The average molecular weight is 283 g/mol. The van der Waals surface area contributed by atoms with Crippen molar-refractivity contribution in [1.82, 2.24) is 0 Å². The zero-order valence-electron chi connectivity index (χ0n) is 12.0. The van der Waals surface area contributed by atoms with Crippen LogP contribution in [-0.4, -0.2) is 25.9 Å². The lowest BCUT2D eigenvalue weighted by molar-refractivity contribution is 0.100. The van der Waals surface area contributed by atoms with Gasteiger partial charge in [-0.2, -0.15) is 0 Å². The fraction of sp³-hybridized carbons (Fsp3) is 0.125. The topological polar surface area (TPSA) is 75.4 Å². The van der Waals surface area contributed by atoms with Gasteiger partial charge in [0.1, 0.15) is 0 Å². The number of benzene rings is 2. The third-order valence-electron chi connectivity index (χ3n) is 3.09. The Morgan fingerprint density at radius 1 is 1.00 bits per heavy atom. The Kier molecular flexibility index (Phi) is 4.23. The Morgan fingerprint density at radius 2 is 1.62 bits per heavy atom. The van der Waals surface area contributed by atoms with Gasteiger partial charge < -0.3 is 16.0 Å². The summed E-state index contributed by atoms with van der Waals surface area (Å²) < 4.78 is 0. The number of anilines is 2. The first-order valence-electron chi connectivity index (χ1n) is 6.46. The Labute approximate surface area is 123 Å². The van der Waals surface area contributed by atoms with E-state index in [2.05, 4.69) is 5.32 Å². The summed E-state index contributed by atoms with van der Waals surface area (Å²) >= 11 is 0. The first-order valence-corrected chi connectivity index (χ1v) is 6.46. The van der Waals surface area contributed by atoms with E-state index in [1.54, 1.807) is 36.4 Å². The summed E-state index contributed by atoms with van der Waals surface area (Å²) in [4.78, 5) is 25.5. The van der Waals surface area contributed by atoms with Crippen LogP contribution in [0.5, 0.6) is 0 Å². The first-order chi connectivity index (χ1) is 9.99. The summed E-state index contributed by atoms with van der Waals surface area (Å²) in [5, 5.41) is 2.70. The summed E-state index contributed by atoms with van der Waals surface area (Å²) in [5.74, 6) is -0.858. The van der Waals surface area contributed by atoms with Crippen molar-refractivity contribution in [3.8, 4) is 0 Å². The highest BCUT2D eigenvalue weighted by Gasteiger charge is 2.11. The number of hydrogen-bond donors (Lipinski definition) is 2. The molecule has 2 aromatic carbocycles. The number of nitrogens with one attached hydrogen (secondary N) is 1. The van der Waals surface area contributed by atoms with Gasteiger partial charge in [0.2, 0.25) is 0 Å². The van der Waals surface area contributed by atoms with Gasteiger partial charge >= 0.3 is 0 Å². The van der Waals surface area contributed by atoms with Crippen LogP contribution in [-0.2, 0) is 0 Å². The van der Waals surface area contributed by atoms with E-state index < -0.39 is 5.91 Å². The minimum absolute atomic E-state index is 0.283. The molecule has 0 aliphatic rings. The highest BCUT2D eigenvalue weighted by atomic mass is 16.2. The molecule has 0 saturated carbocycles. The molecule has 108 valence electrons. The number of primary amides is 1. The average Bonchev–Trinajstić information content (AvgIpc) is 2.47. The molecule has 0 aromatic heterocycles. The maximum absolute atomic E-state index is 12.2. The molecule has 0 aliphatic carbocycles. The van der Waals surface area contributed by atoms with Gasteiger partial charge in [-0.1, -0.05) is 12.1 Å². The van der Waals surface area contributed by atoms with Crippen molar-refractivity contribution < 1.29 is 9.59 Å². The van der Waals surface area contributed by atoms with Crippen molar-refractivity contribution in [3.63, 3.8) is 0 Å². The largest absolute Gasteiger partial charge is 0.378 e. The van der Waals surface area contributed by atoms with Crippen molar-refractivity contribution in [3.05, 3.63) is 59.7 Å². The molecule has 2 rings (SSSR count). The van der Waals surface area contributed by atoms with Crippen LogP contribution in [0.3, 0.4) is 0 Å². The predicted octanol–water partition coefficient (Wildman–Crippen LogP) is 2.10. The van der Waals surface area contributed by atoms with Gasteiger partial charge in [0.25, 0.3) is 11.8 Å². The first kappa shape index (κ1) is 14.6. The Balaban J connectivity index is 2.20. The molecule has 21 heavy (non-hydrogen) atoms. The zero-order chi connectivity index (χ0) is 15.4. The van der Waals surface area contributed by atoms with Crippen LogP contribution in [0.1, 0.15) is 20.7 Å². The molecule has 0 radical (unpaired) electrons. The maximum Gasteiger partial charge on any atom is 0.255 e. The quantitative estimate of drug-likeness (QED) is 0.902. The lowest BCUT2D eigenvalue weighted by atomic mass is 10.1. The fourth-order valence-corrected chi connectivity index (χ4v) is 1.91. The van der Waals surface area contributed by atoms with Crippen molar-refractivity contribution in [1.29, 1.82) is 0 Å². The van der Waals surface area contributed by atoms with Crippen LogP contribution >= 0.6 is 0 Å². The second kappa shape index (κ2) is 6.09. The highest BCUT2D eigenvalue weighted by molar-refractivity contribution is 6.08. The lowest BCUT2D eigenvalue weighted by Gasteiger charge is -2.13. The molecule has 0 heterocycles. The number of amides is 2. The smallest absolute Gasteiger partial charge is 0.255 e. The van der Waals surface area contributed by atoms with Gasteiger partial charge in [-0.25, -0.2) is 0 Å². The van der Waals surface area contributed by atoms with E-state index in [4.69, 9.17) is 5.73 Å². The monoisotopic (exact) mass is 283 g/mol. The molecule has 0 spiro atoms. The van der Waals surface area contributed by atoms with Crippen LogP contribution in [0.25, 0.3) is 0 Å². The summed E-state index contributed by atoms with van der Waals surface area (Å²) in [6.07, 6.45) is 0. The summed E-state index contributed by atoms with van der Waals surface area (Å²) in [7, 11) is 3.86. The van der Waals surface area contributed by atoms with Gasteiger partial charge in [-0.3, -0.25) is 9.59 Å². The summed E-state index contributed by atoms with van der Waals surface area (Å²) in [6.45, 7) is 0. The summed E-state index contributed by atoms with van der Waals surface area (Å²) in [5.41, 5.74) is 7.50. The second-order valence-corrected chi connectivity index (χ2v) is 4.81. The van der Waals surface area contributed by atoms with Crippen molar-refractivity contribution in [2.75, 3.05) is 24.3 Å². The van der Waals surface area contributed by atoms with E-state index in [9.17, 15) is 9.59 Å². The molecule has 3 N–H and O–H groups in total. The standard InChI is InChI=1S/C16H17N3O2/c1-19(2)12-9-7-11(8-10-12)16(21)18-14-6-4-3-5-13(14)15(17)20/h3-10H,1-2H3,(H2,17,20)(H,18,21). The highest BCUT2D eigenvalue weighted by Crippen LogP contribution is 2.17. The number of nitrogens with zero attached hydrogens (tertiary/aromatic N) is 1. The molecule has 0 saturated heterocycles. The number of carbonyl (C=O) groups is 2. The zero-order valence-corrected chi connectivity index (χ0v) is 12.0. The van der Waals surface area contributed by atoms with Crippen molar-refractivity contribution >= 4 is 23.2 Å². The molecule has 5 heteroatoms. The molecule has 5 nitrogen and oxygen atoms in total. The fourth-order valence-electron chi connectivity index (χ4n) is 1.91. The van der Waals surface area contributed by atoms with Crippen LogP contribution in [0.4, 0.5) is 11.4 Å². The molecule has 0 bridgehead atoms. The molecule has 0 atom stereocenters. The van der Waals surface area contributed by atoms with Gasteiger partial charge in [0, 0.05) is 25.3 Å².